The molecule has 2 nitrogen and oxygen atoms in total. The first-order chi connectivity index (χ1) is 8.24. The Balaban J connectivity index is 3.88. The normalized spacial score (nSPS) is 12.0. The average Bonchev–Trinajstić information content (AvgIpc) is 2.37. The van der Waals surface area contributed by atoms with Gasteiger partial charge in [0, 0.05) is 14.2 Å². The molecule has 0 aromatic heterocycles. The molecule has 0 saturated carbocycles. The highest BCUT2D eigenvalue weighted by molar-refractivity contribution is 6.67. The smallest absolute Gasteiger partial charge is 0.337 e. The predicted molar refractivity (Wildman–Crippen MR) is 77.7 cm³/mol. The highest BCUT2D eigenvalue weighted by Gasteiger charge is 2.33. The lowest BCUT2D eigenvalue weighted by molar-refractivity contribution is 0.238. The van der Waals surface area contributed by atoms with Crippen molar-refractivity contribution in [3.63, 3.8) is 0 Å². The molecule has 0 aliphatic heterocycles. The summed E-state index contributed by atoms with van der Waals surface area (Å²) in [5, 5.41) is 0. The maximum absolute atomic E-state index is 5.76. The standard InChI is InChI=1S/C14H32O2Si/c1-5-7-9-11-13-17(15-3,16-4)14-12-10-8-6-2/h5-14H2,1-4H3. The molecule has 0 saturated heterocycles. The van der Waals surface area contributed by atoms with Crippen molar-refractivity contribution < 1.29 is 8.85 Å². The van der Waals surface area contributed by atoms with Crippen LogP contribution in [0.3, 0.4) is 0 Å². The molecule has 0 aliphatic carbocycles. The molecule has 104 valence electrons. The van der Waals surface area contributed by atoms with E-state index >= 15 is 0 Å². The van der Waals surface area contributed by atoms with Crippen molar-refractivity contribution in [3.8, 4) is 0 Å². The predicted octanol–water partition coefficient (Wildman–Crippen LogP) is 4.88. The molecule has 0 fully saturated rings. The molecule has 0 aliphatic rings. The summed E-state index contributed by atoms with van der Waals surface area (Å²) in [6, 6.07) is 2.35. The first kappa shape index (κ1) is 17.1. The second-order valence-electron chi connectivity index (χ2n) is 4.94. The summed E-state index contributed by atoms with van der Waals surface area (Å²) in [5.74, 6) is 0. The van der Waals surface area contributed by atoms with E-state index in [0.717, 1.165) is 0 Å². The lowest BCUT2D eigenvalue weighted by Crippen LogP contribution is -2.39. The van der Waals surface area contributed by atoms with Gasteiger partial charge in [-0.2, -0.15) is 0 Å². The van der Waals surface area contributed by atoms with Crippen molar-refractivity contribution in [1.29, 1.82) is 0 Å². The van der Waals surface area contributed by atoms with E-state index in [1.54, 1.807) is 0 Å². The SMILES string of the molecule is CCCCCC[Si](CCCCCC)(OC)OC. The van der Waals surface area contributed by atoms with Gasteiger partial charge < -0.3 is 8.85 Å². The third-order valence-electron chi connectivity index (χ3n) is 3.57. The fraction of sp³-hybridized carbons (Fsp3) is 1.00. The third kappa shape index (κ3) is 7.95. The molecular formula is C14H32O2Si. The minimum absolute atomic E-state index is 1.17. The summed E-state index contributed by atoms with van der Waals surface area (Å²) in [6.07, 6.45) is 10.5. The summed E-state index contributed by atoms with van der Waals surface area (Å²) in [6.45, 7) is 4.50. The molecule has 0 N–H and O–H groups in total. The van der Waals surface area contributed by atoms with Gasteiger partial charge in [-0.05, 0) is 12.1 Å². The Hall–Kier alpha value is 0.137. The van der Waals surface area contributed by atoms with Crippen LogP contribution in [-0.4, -0.2) is 22.8 Å². The van der Waals surface area contributed by atoms with Crippen LogP contribution < -0.4 is 0 Å². The fourth-order valence-electron chi connectivity index (χ4n) is 2.26. The molecule has 17 heavy (non-hydrogen) atoms. The van der Waals surface area contributed by atoms with Crippen LogP contribution in [0.2, 0.25) is 12.1 Å². The number of rotatable bonds is 12. The van der Waals surface area contributed by atoms with Crippen molar-refractivity contribution in [1.82, 2.24) is 0 Å². The van der Waals surface area contributed by atoms with Crippen molar-refractivity contribution in [3.05, 3.63) is 0 Å². The fourth-order valence-corrected chi connectivity index (χ4v) is 5.07. The Bertz CT molecular complexity index is 144. The van der Waals surface area contributed by atoms with Crippen LogP contribution in [0, 0.1) is 0 Å². The van der Waals surface area contributed by atoms with Crippen LogP contribution in [0.25, 0.3) is 0 Å². The van der Waals surface area contributed by atoms with E-state index < -0.39 is 8.56 Å². The van der Waals surface area contributed by atoms with Crippen LogP contribution in [0.1, 0.15) is 65.2 Å². The van der Waals surface area contributed by atoms with Crippen LogP contribution in [0.15, 0.2) is 0 Å². The van der Waals surface area contributed by atoms with Gasteiger partial charge in [0.2, 0.25) is 0 Å². The molecule has 3 heteroatoms. The van der Waals surface area contributed by atoms with E-state index in [9.17, 15) is 0 Å². The van der Waals surface area contributed by atoms with Gasteiger partial charge in [0.1, 0.15) is 0 Å². The maximum Gasteiger partial charge on any atom is 0.337 e. The van der Waals surface area contributed by atoms with Crippen molar-refractivity contribution in [2.75, 3.05) is 14.2 Å². The molecule has 0 aromatic carbocycles. The van der Waals surface area contributed by atoms with Gasteiger partial charge in [-0.25, -0.2) is 0 Å². The third-order valence-corrected chi connectivity index (χ3v) is 7.29. The zero-order valence-electron chi connectivity index (χ0n) is 12.4. The first-order valence-corrected chi connectivity index (χ1v) is 9.58. The number of hydrogen-bond donors (Lipinski definition) is 0. The summed E-state index contributed by atoms with van der Waals surface area (Å²) in [7, 11) is 1.84. The molecule has 0 heterocycles. The van der Waals surface area contributed by atoms with Gasteiger partial charge in [0.05, 0.1) is 0 Å². The second kappa shape index (κ2) is 11.2. The van der Waals surface area contributed by atoms with E-state index in [0.29, 0.717) is 0 Å². The number of hydrogen-bond acceptors (Lipinski definition) is 2. The molecule has 0 atom stereocenters. The summed E-state index contributed by atoms with van der Waals surface area (Å²) < 4.78 is 11.5. The highest BCUT2D eigenvalue weighted by Crippen LogP contribution is 2.24. The monoisotopic (exact) mass is 260 g/mol. The van der Waals surface area contributed by atoms with Crippen LogP contribution >= 0.6 is 0 Å². The lowest BCUT2D eigenvalue weighted by atomic mass is 10.2. The summed E-state index contributed by atoms with van der Waals surface area (Å²) >= 11 is 0. The first-order valence-electron chi connectivity index (χ1n) is 7.35. The second-order valence-corrected chi connectivity index (χ2v) is 8.58. The highest BCUT2D eigenvalue weighted by atomic mass is 28.4. The topological polar surface area (TPSA) is 18.5 Å². The summed E-state index contributed by atoms with van der Waals surface area (Å²) in [5.41, 5.74) is 0. The van der Waals surface area contributed by atoms with E-state index in [1.807, 2.05) is 14.2 Å². The zero-order chi connectivity index (χ0) is 13.0. The van der Waals surface area contributed by atoms with Crippen molar-refractivity contribution in [2.24, 2.45) is 0 Å². The Labute approximate surface area is 109 Å². The van der Waals surface area contributed by atoms with Crippen LogP contribution in [-0.2, 0) is 8.85 Å². The van der Waals surface area contributed by atoms with E-state index in [4.69, 9.17) is 8.85 Å². The Morgan fingerprint density at radius 2 is 1.06 bits per heavy atom. The molecule has 0 aromatic rings. The van der Waals surface area contributed by atoms with Gasteiger partial charge in [-0.15, -0.1) is 0 Å². The Kier molecular flexibility index (Phi) is 11.3. The Morgan fingerprint density at radius 1 is 0.647 bits per heavy atom. The van der Waals surface area contributed by atoms with Crippen molar-refractivity contribution >= 4 is 8.56 Å². The van der Waals surface area contributed by atoms with Crippen molar-refractivity contribution in [2.45, 2.75) is 77.3 Å². The van der Waals surface area contributed by atoms with E-state index in [2.05, 4.69) is 13.8 Å². The molecule has 0 spiro atoms. The molecular weight excluding hydrogens is 228 g/mol. The molecule has 0 bridgehead atoms. The largest absolute Gasteiger partial charge is 0.398 e. The van der Waals surface area contributed by atoms with E-state index in [1.165, 1.54) is 63.5 Å². The Morgan fingerprint density at radius 3 is 1.35 bits per heavy atom. The minimum atomic E-state index is -1.84. The van der Waals surface area contributed by atoms with Gasteiger partial charge >= 0.3 is 8.56 Å². The van der Waals surface area contributed by atoms with Gasteiger partial charge in [0.15, 0.2) is 0 Å². The molecule has 0 rings (SSSR count). The average molecular weight is 260 g/mol. The molecule has 0 unspecified atom stereocenters. The van der Waals surface area contributed by atoms with E-state index in [-0.39, 0.29) is 0 Å². The lowest BCUT2D eigenvalue weighted by Gasteiger charge is -2.27. The van der Waals surface area contributed by atoms with Gasteiger partial charge in [0.25, 0.3) is 0 Å². The number of unbranched alkanes of at least 4 members (excludes halogenated alkanes) is 6. The maximum atomic E-state index is 5.76. The quantitative estimate of drug-likeness (QED) is 0.368. The zero-order valence-corrected chi connectivity index (χ0v) is 13.4. The van der Waals surface area contributed by atoms with Crippen LogP contribution in [0.5, 0.6) is 0 Å². The molecule has 0 amide bonds. The summed E-state index contributed by atoms with van der Waals surface area (Å²) in [4.78, 5) is 0. The minimum Gasteiger partial charge on any atom is -0.398 e. The van der Waals surface area contributed by atoms with Gasteiger partial charge in [-0.3, -0.25) is 0 Å². The van der Waals surface area contributed by atoms with Gasteiger partial charge in [-0.1, -0.05) is 65.2 Å². The van der Waals surface area contributed by atoms with Crippen LogP contribution in [0.4, 0.5) is 0 Å². The molecule has 0 radical (unpaired) electrons.